The first-order chi connectivity index (χ1) is 9.87. The van der Waals surface area contributed by atoms with E-state index in [-0.39, 0.29) is 12.6 Å². The zero-order valence-electron chi connectivity index (χ0n) is 12.7. The van der Waals surface area contributed by atoms with E-state index in [0.717, 1.165) is 5.56 Å². The zero-order chi connectivity index (χ0) is 15.9. The van der Waals surface area contributed by atoms with Crippen molar-refractivity contribution in [3.63, 3.8) is 0 Å². The van der Waals surface area contributed by atoms with Crippen molar-refractivity contribution in [2.75, 3.05) is 33.3 Å². The Morgan fingerprint density at radius 1 is 1.24 bits per heavy atom. The lowest BCUT2D eigenvalue weighted by Crippen LogP contribution is -2.38. The summed E-state index contributed by atoms with van der Waals surface area (Å²) in [6.45, 7) is 4.34. The molecule has 1 N–H and O–H groups in total. The Hall–Kier alpha value is -1.27. The number of hydrogen-bond donors (Lipinski definition) is 1. The second kappa shape index (κ2) is 8.24. The second-order valence-electron chi connectivity index (χ2n) is 4.89. The maximum atomic E-state index is 12.5. The quantitative estimate of drug-likeness (QED) is 0.798. The minimum atomic E-state index is -4.19. The van der Waals surface area contributed by atoms with E-state index in [9.17, 15) is 13.2 Å². The fourth-order valence-corrected chi connectivity index (χ4v) is 2.26. The molecule has 1 aromatic rings. The normalized spacial score (nSPS) is 13.5. The fourth-order valence-electron chi connectivity index (χ4n) is 2.26. The Morgan fingerprint density at radius 2 is 1.90 bits per heavy atom. The molecule has 0 spiro atoms. The molecule has 1 unspecified atom stereocenters. The van der Waals surface area contributed by atoms with Crippen LogP contribution in [0, 0.1) is 0 Å². The summed E-state index contributed by atoms with van der Waals surface area (Å²) in [5.74, 6) is 0.714. The number of benzene rings is 1. The highest BCUT2D eigenvalue weighted by atomic mass is 19.4. The lowest BCUT2D eigenvalue weighted by atomic mass is 10.0. The molecule has 0 saturated carbocycles. The molecule has 0 heterocycles. The Labute approximate surface area is 124 Å². The van der Waals surface area contributed by atoms with E-state index >= 15 is 0 Å². The van der Waals surface area contributed by atoms with Crippen molar-refractivity contribution in [1.29, 1.82) is 0 Å². The van der Waals surface area contributed by atoms with Crippen molar-refractivity contribution in [1.82, 2.24) is 10.2 Å². The maximum Gasteiger partial charge on any atom is 0.401 e. The summed E-state index contributed by atoms with van der Waals surface area (Å²) in [6, 6.07) is 7.25. The van der Waals surface area contributed by atoms with Crippen LogP contribution in [0.3, 0.4) is 0 Å². The van der Waals surface area contributed by atoms with Gasteiger partial charge in [-0.25, -0.2) is 0 Å². The summed E-state index contributed by atoms with van der Waals surface area (Å²) >= 11 is 0. The molecule has 0 amide bonds. The van der Waals surface area contributed by atoms with E-state index < -0.39 is 12.7 Å². The Bertz CT molecular complexity index is 424. The summed E-state index contributed by atoms with van der Waals surface area (Å²) < 4.78 is 42.9. The van der Waals surface area contributed by atoms with E-state index in [1.807, 2.05) is 38.1 Å². The topological polar surface area (TPSA) is 24.5 Å². The van der Waals surface area contributed by atoms with Crippen LogP contribution < -0.4 is 10.1 Å². The summed E-state index contributed by atoms with van der Waals surface area (Å²) in [6.07, 6.45) is -4.19. The molecule has 21 heavy (non-hydrogen) atoms. The molecular formula is C15H23F3N2O. The highest BCUT2D eigenvalue weighted by Gasteiger charge is 2.30. The number of likely N-dealkylation sites (N-methyl/N-ethyl adjacent to an activating group) is 2. The van der Waals surface area contributed by atoms with Crippen molar-refractivity contribution in [2.45, 2.75) is 26.1 Å². The number of nitrogens with zero attached hydrogens (tertiary/aromatic N) is 1. The number of hydrogen-bond acceptors (Lipinski definition) is 3. The molecule has 1 aromatic carbocycles. The molecule has 1 atom stereocenters. The van der Waals surface area contributed by atoms with Crippen LogP contribution in [0.4, 0.5) is 13.2 Å². The monoisotopic (exact) mass is 304 g/mol. The third-order valence-electron chi connectivity index (χ3n) is 2.99. The van der Waals surface area contributed by atoms with E-state index in [1.54, 1.807) is 0 Å². The molecule has 0 radical (unpaired) electrons. The number of rotatable bonds is 8. The first kappa shape index (κ1) is 17.8. The van der Waals surface area contributed by atoms with E-state index in [1.165, 1.54) is 11.9 Å². The first-order valence-corrected chi connectivity index (χ1v) is 7.07. The van der Waals surface area contributed by atoms with Crippen LogP contribution >= 0.6 is 0 Å². The van der Waals surface area contributed by atoms with E-state index in [4.69, 9.17) is 4.74 Å². The molecule has 6 heteroatoms. The van der Waals surface area contributed by atoms with Crippen LogP contribution in [0.15, 0.2) is 24.3 Å². The fraction of sp³-hybridized carbons (Fsp3) is 0.600. The molecule has 0 bridgehead atoms. The maximum absolute atomic E-state index is 12.5. The predicted molar refractivity (Wildman–Crippen MR) is 77.6 cm³/mol. The smallest absolute Gasteiger partial charge is 0.401 e. The van der Waals surface area contributed by atoms with Crippen molar-refractivity contribution in [3.05, 3.63) is 29.8 Å². The third kappa shape index (κ3) is 6.35. The summed E-state index contributed by atoms with van der Waals surface area (Å²) in [5.41, 5.74) is 0.884. The average Bonchev–Trinajstić information content (AvgIpc) is 2.37. The second-order valence-corrected chi connectivity index (χ2v) is 4.89. The largest absolute Gasteiger partial charge is 0.494 e. The van der Waals surface area contributed by atoms with Crippen LogP contribution in [0.25, 0.3) is 0 Å². The van der Waals surface area contributed by atoms with E-state index in [0.29, 0.717) is 18.9 Å². The Balaban J connectivity index is 2.86. The molecule has 0 aliphatic heterocycles. The third-order valence-corrected chi connectivity index (χ3v) is 2.99. The molecule has 0 aliphatic rings. The van der Waals surface area contributed by atoms with Crippen LogP contribution in [-0.2, 0) is 0 Å². The van der Waals surface area contributed by atoms with Gasteiger partial charge in [0.05, 0.1) is 13.2 Å². The van der Waals surface area contributed by atoms with Crippen LogP contribution in [-0.4, -0.2) is 44.4 Å². The van der Waals surface area contributed by atoms with Crippen molar-refractivity contribution in [2.24, 2.45) is 0 Å². The molecular weight excluding hydrogens is 281 g/mol. The van der Waals surface area contributed by atoms with Gasteiger partial charge in [0.15, 0.2) is 0 Å². The average molecular weight is 304 g/mol. The van der Waals surface area contributed by atoms with Crippen LogP contribution in [0.2, 0.25) is 0 Å². The number of para-hydroxylation sites is 1. The van der Waals surface area contributed by atoms with Gasteiger partial charge in [0.2, 0.25) is 0 Å². The van der Waals surface area contributed by atoms with Gasteiger partial charge >= 0.3 is 6.18 Å². The van der Waals surface area contributed by atoms with Gasteiger partial charge < -0.3 is 10.1 Å². The van der Waals surface area contributed by atoms with Gasteiger partial charge in [-0.1, -0.05) is 25.1 Å². The van der Waals surface area contributed by atoms with Crippen molar-refractivity contribution >= 4 is 0 Å². The number of ether oxygens (including phenoxy) is 1. The van der Waals surface area contributed by atoms with Crippen molar-refractivity contribution in [3.8, 4) is 5.75 Å². The highest BCUT2D eigenvalue weighted by Crippen LogP contribution is 2.26. The number of nitrogens with one attached hydrogen (secondary N) is 1. The Morgan fingerprint density at radius 3 is 2.48 bits per heavy atom. The summed E-state index contributed by atoms with van der Waals surface area (Å²) in [7, 11) is 1.47. The minimum absolute atomic E-state index is 0.204. The standard InChI is InChI=1S/C15H23F3N2O/c1-4-19-13(10-20(3)11-15(16,17)18)12-8-6-7-9-14(12)21-5-2/h6-9,13,19H,4-5,10-11H2,1-3H3. The SMILES string of the molecule is CCNC(CN(C)CC(F)(F)F)c1ccccc1OCC. The molecule has 0 aliphatic carbocycles. The molecule has 1 rings (SSSR count). The lowest BCUT2D eigenvalue weighted by molar-refractivity contribution is -0.143. The highest BCUT2D eigenvalue weighted by molar-refractivity contribution is 5.36. The minimum Gasteiger partial charge on any atom is -0.494 e. The van der Waals surface area contributed by atoms with Crippen LogP contribution in [0.5, 0.6) is 5.75 Å². The molecule has 120 valence electrons. The molecule has 0 saturated heterocycles. The molecule has 0 fully saturated rings. The molecule has 3 nitrogen and oxygen atoms in total. The van der Waals surface area contributed by atoms with Gasteiger partial charge in [-0.3, -0.25) is 4.90 Å². The summed E-state index contributed by atoms with van der Waals surface area (Å²) in [4.78, 5) is 1.27. The van der Waals surface area contributed by atoms with Gasteiger partial charge in [-0.05, 0) is 26.6 Å². The first-order valence-electron chi connectivity index (χ1n) is 7.07. The van der Waals surface area contributed by atoms with Gasteiger partial charge in [-0.2, -0.15) is 13.2 Å². The zero-order valence-corrected chi connectivity index (χ0v) is 12.7. The lowest BCUT2D eigenvalue weighted by Gasteiger charge is -2.27. The Kier molecular flexibility index (Phi) is 6.98. The van der Waals surface area contributed by atoms with E-state index in [2.05, 4.69) is 5.32 Å². The van der Waals surface area contributed by atoms with Gasteiger partial charge in [0.25, 0.3) is 0 Å². The van der Waals surface area contributed by atoms with Gasteiger partial charge in [0, 0.05) is 18.2 Å². The number of alkyl halides is 3. The van der Waals surface area contributed by atoms with Crippen molar-refractivity contribution < 1.29 is 17.9 Å². The van der Waals surface area contributed by atoms with Gasteiger partial charge in [-0.15, -0.1) is 0 Å². The van der Waals surface area contributed by atoms with Gasteiger partial charge in [0.1, 0.15) is 5.75 Å². The number of halogens is 3. The summed E-state index contributed by atoms with van der Waals surface area (Å²) in [5, 5.41) is 3.23. The molecule has 0 aromatic heterocycles. The predicted octanol–water partition coefficient (Wildman–Crippen LogP) is 3.23. The van der Waals surface area contributed by atoms with Crippen LogP contribution in [0.1, 0.15) is 25.5 Å².